The van der Waals surface area contributed by atoms with Crippen LogP contribution in [0.4, 0.5) is 0 Å². The highest BCUT2D eigenvalue weighted by atomic mass is 16.5. The zero-order valence-corrected chi connectivity index (χ0v) is 16.9. The van der Waals surface area contributed by atoms with E-state index >= 15 is 0 Å². The smallest absolute Gasteiger partial charge is 0.333 e. The fourth-order valence-corrected chi connectivity index (χ4v) is 4.37. The predicted molar refractivity (Wildman–Crippen MR) is 118 cm³/mol. The van der Waals surface area contributed by atoms with E-state index in [-0.39, 0.29) is 5.56 Å². The topological polar surface area (TPSA) is 77.0 Å². The number of nitrogens with one attached hydrogen (secondary N) is 1. The number of pyridine rings is 1. The van der Waals surface area contributed by atoms with Crippen molar-refractivity contribution in [1.29, 1.82) is 0 Å². The number of H-pyrrole nitrogens is 1. The zero-order chi connectivity index (χ0) is 20.7. The minimum absolute atomic E-state index is 0.372. The van der Waals surface area contributed by atoms with Gasteiger partial charge in [0, 0.05) is 11.6 Å². The first-order valence-corrected chi connectivity index (χ1v) is 10.4. The van der Waals surface area contributed by atoms with Crippen molar-refractivity contribution in [1.82, 2.24) is 14.5 Å². The monoisotopic (exact) mass is 401 g/mol. The highest BCUT2D eigenvalue weighted by Gasteiger charge is 2.18. The molecule has 2 aromatic carbocycles. The van der Waals surface area contributed by atoms with Crippen LogP contribution in [0.15, 0.2) is 58.3 Å². The van der Waals surface area contributed by atoms with Crippen molar-refractivity contribution in [3.63, 3.8) is 0 Å². The lowest BCUT2D eigenvalue weighted by molar-refractivity contribution is 0.254. The lowest BCUT2D eigenvalue weighted by Gasteiger charge is -2.14. The van der Waals surface area contributed by atoms with Gasteiger partial charge in [-0.1, -0.05) is 37.1 Å². The van der Waals surface area contributed by atoms with Gasteiger partial charge >= 0.3 is 5.69 Å². The second-order valence-electron chi connectivity index (χ2n) is 8.07. The van der Waals surface area contributed by atoms with Crippen LogP contribution < -0.4 is 16.0 Å². The second-order valence-corrected chi connectivity index (χ2v) is 8.07. The van der Waals surface area contributed by atoms with E-state index in [1.54, 1.807) is 6.07 Å². The summed E-state index contributed by atoms with van der Waals surface area (Å²) in [6.45, 7) is 2.59. The van der Waals surface area contributed by atoms with Crippen molar-refractivity contribution in [2.24, 2.45) is 5.92 Å². The summed E-state index contributed by atoms with van der Waals surface area (Å²) >= 11 is 0. The summed E-state index contributed by atoms with van der Waals surface area (Å²) in [7, 11) is 0. The molecule has 1 fully saturated rings. The molecule has 0 aliphatic heterocycles. The largest absolute Gasteiger partial charge is 0.491 e. The number of aromatic amines is 1. The average Bonchev–Trinajstić information content (AvgIpc) is 3.26. The summed E-state index contributed by atoms with van der Waals surface area (Å²) < 4.78 is 7.24. The number of aryl methyl sites for hydroxylation is 1. The molecule has 6 nitrogen and oxygen atoms in total. The number of aromatic nitrogens is 3. The summed E-state index contributed by atoms with van der Waals surface area (Å²) in [5, 5.41) is 1.08. The quantitative estimate of drug-likeness (QED) is 0.522. The van der Waals surface area contributed by atoms with Gasteiger partial charge in [0.2, 0.25) is 0 Å². The van der Waals surface area contributed by atoms with Gasteiger partial charge in [0.15, 0.2) is 0 Å². The van der Waals surface area contributed by atoms with Crippen LogP contribution >= 0.6 is 0 Å². The van der Waals surface area contributed by atoms with E-state index in [9.17, 15) is 9.59 Å². The molecule has 0 amide bonds. The van der Waals surface area contributed by atoms with E-state index in [2.05, 4.69) is 9.97 Å². The number of ether oxygens (including phenoxy) is 1. The SMILES string of the molecule is Cc1cccc(-n2c(=O)[nH]c3c(cnc4c(OCC5CCCC5)cccc43)c2=O)c1. The molecule has 1 N–H and O–H groups in total. The van der Waals surface area contributed by atoms with Crippen molar-refractivity contribution < 1.29 is 4.74 Å². The Morgan fingerprint density at radius 3 is 2.70 bits per heavy atom. The molecular formula is C24H23N3O3. The molecule has 2 heterocycles. The van der Waals surface area contributed by atoms with Crippen LogP contribution in [0.5, 0.6) is 5.75 Å². The fraction of sp³-hybridized carbons (Fsp3) is 0.292. The van der Waals surface area contributed by atoms with Crippen LogP contribution in [0.25, 0.3) is 27.5 Å². The van der Waals surface area contributed by atoms with E-state index < -0.39 is 5.69 Å². The first kappa shape index (κ1) is 18.6. The molecule has 0 saturated heterocycles. The molecule has 0 spiro atoms. The van der Waals surface area contributed by atoms with E-state index in [1.165, 1.54) is 31.9 Å². The third kappa shape index (κ3) is 3.18. The van der Waals surface area contributed by atoms with E-state index in [1.807, 2.05) is 43.3 Å². The van der Waals surface area contributed by atoms with Crippen LogP contribution in [-0.4, -0.2) is 21.1 Å². The molecule has 6 heteroatoms. The fourth-order valence-electron chi connectivity index (χ4n) is 4.37. The molecule has 0 unspecified atom stereocenters. The highest BCUT2D eigenvalue weighted by Crippen LogP contribution is 2.30. The van der Waals surface area contributed by atoms with Crippen LogP contribution in [0.3, 0.4) is 0 Å². The summed E-state index contributed by atoms with van der Waals surface area (Å²) in [5.41, 5.74) is 1.81. The van der Waals surface area contributed by atoms with Gasteiger partial charge in [0.05, 0.1) is 23.2 Å². The maximum Gasteiger partial charge on any atom is 0.333 e. The third-order valence-corrected chi connectivity index (χ3v) is 5.94. The van der Waals surface area contributed by atoms with Crippen molar-refractivity contribution in [3.05, 3.63) is 75.1 Å². The van der Waals surface area contributed by atoms with Gasteiger partial charge in [0.25, 0.3) is 5.56 Å². The molecule has 0 bridgehead atoms. The Balaban J connectivity index is 1.64. The van der Waals surface area contributed by atoms with Gasteiger partial charge in [-0.25, -0.2) is 9.36 Å². The highest BCUT2D eigenvalue weighted by molar-refractivity contribution is 6.04. The summed E-state index contributed by atoms with van der Waals surface area (Å²) in [6.07, 6.45) is 6.46. The number of nitrogens with zero attached hydrogens (tertiary/aromatic N) is 2. The van der Waals surface area contributed by atoms with Gasteiger partial charge in [0.1, 0.15) is 11.3 Å². The van der Waals surface area contributed by atoms with Gasteiger partial charge < -0.3 is 9.72 Å². The first-order valence-electron chi connectivity index (χ1n) is 10.4. The van der Waals surface area contributed by atoms with Gasteiger partial charge in [-0.15, -0.1) is 0 Å². The molecule has 30 heavy (non-hydrogen) atoms. The number of hydrogen-bond acceptors (Lipinski definition) is 4. The van der Waals surface area contributed by atoms with E-state index in [4.69, 9.17) is 4.74 Å². The number of hydrogen-bond donors (Lipinski definition) is 1. The van der Waals surface area contributed by atoms with Gasteiger partial charge in [-0.2, -0.15) is 0 Å². The molecule has 1 saturated carbocycles. The molecule has 0 radical (unpaired) electrons. The van der Waals surface area contributed by atoms with Crippen LogP contribution in [0.1, 0.15) is 31.2 Å². The number of para-hydroxylation sites is 1. The maximum atomic E-state index is 13.2. The molecular weight excluding hydrogens is 378 g/mol. The molecule has 2 aromatic heterocycles. The Bertz CT molecular complexity index is 1360. The number of benzene rings is 2. The number of fused-ring (bicyclic) bond motifs is 3. The Morgan fingerprint density at radius 2 is 1.90 bits per heavy atom. The lowest BCUT2D eigenvalue weighted by Crippen LogP contribution is -2.33. The van der Waals surface area contributed by atoms with Crippen LogP contribution in [0, 0.1) is 12.8 Å². The first-order chi connectivity index (χ1) is 14.6. The predicted octanol–water partition coefficient (Wildman–Crippen LogP) is 4.10. The Morgan fingerprint density at radius 1 is 1.10 bits per heavy atom. The summed E-state index contributed by atoms with van der Waals surface area (Å²) in [4.78, 5) is 33.4. The Labute approximate surface area is 173 Å². The maximum absolute atomic E-state index is 13.2. The van der Waals surface area contributed by atoms with Gasteiger partial charge in [-0.05, 0) is 49.4 Å². The number of rotatable bonds is 4. The molecule has 5 rings (SSSR count). The van der Waals surface area contributed by atoms with Crippen molar-refractivity contribution in [2.45, 2.75) is 32.6 Å². The molecule has 152 valence electrons. The Hall–Kier alpha value is -3.41. The Kier molecular flexibility index (Phi) is 4.62. The van der Waals surface area contributed by atoms with Crippen molar-refractivity contribution in [3.8, 4) is 11.4 Å². The average molecular weight is 401 g/mol. The van der Waals surface area contributed by atoms with Gasteiger partial charge in [-0.3, -0.25) is 9.78 Å². The van der Waals surface area contributed by atoms with E-state index in [0.29, 0.717) is 45.8 Å². The zero-order valence-electron chi connectivity index (χ0n) is 16.9. The normalized spacial score (nSPS) is 14.6. The second kappa shape index (κ2) is 7.44. The minimum atomic E-state index is -0.470. The minimum Gasteiger partial charge on any atom is -0.491 e. The molecule has 1 aliphatic carbocycles. The summed E-state index contributed by atoms with van der Waals surface area (Å²) in [5.74, 6) is 1.27. The summed E-state index contributed by atoms with van der Waals surface area (Å²) in [6, 6.07) is 12.9. The standard InChI is InChI=1S/C24H23N3O3/c1-15-6-4-9-17(12-15)27-23(28)19-13-25-22-18(21(19)26-24(27)29)10-5-11-20(22)30-14-16-7-2-3-8-16/h4-6,9-13,16H,2-3,7-8,14H2,1H3,(H,26,29). The molecule has 0 atom stereocenters. The van der Waals surface area contributed by atoms with E-state index in [0.717, 1.165) is 10.1 Å². The van der Waals surface area contributed by atoms with Crippen molar-refractivity contribution >= 4 is 21.8 Å². The van der Waals surface area contributed by atoms with Crippen LogP contribution in [0.2, 0.25) is 0 Å². The molecule has 4 aromatic rings. The molecule has 1 aliphatic rings. The lowest BCUT2D eigenvalue weighted by atomic mass is 10.1. The van der Waals surface area contributed by atoms with Crippen molar-refractivity contribution in [2.75, 3.05) is 6.61 Å². The van der Waals surface area contributed by atoms with Crippen LogP contribution in [-0.2, 0) is 0 Å². The third-order valence-electron chi connectivity index (χ3n) is 5.94.